The number of nitrogens with one attached hydrogen (secondary N) is 1. The van der Waals surface area contributed by atoms with Gasteiger partial charge in [0.15, 0.2) is 0 Å². The van der Waals surface area contributed by atoms with Crippen LogP contribution in [0.25, 0.3) is 0 Å². The molecular formula is C15H19ClFNO3. The molecule has 0 unspecified atom stereocenters. The van der Waals surface area contributed by atoms with E-state index in [2.05, 4.69) is 5.32 Å². The number of carbonyl (C=O) groups is 1. The summed E-state index contributed by atoms with van der Waals surface area (Å²) in [6.07, 6.45) is -0.0892. The Morgan fingerprint density at radius 1 is 1.48 bits per heavy atom. The maximum atomic E-state index is 13.8. The van der Waals surface area contributed by atoms with Crippen molar-refractivity contribution in [3.63, 3.8) is 0 Å². The topological polar surface area (TPSA) is 58.6 Å². The van der Waals surface area contributed by atoms with Crippen molar-refractivity contribution in [3.05, 3.63) is 34.6 Å². The van der Waals surface area contributed by atoms with Crippen molar-refractivity contribution in [1.29, 1.82) is 0 Å². The molecule has 1 aliphatic rings. The smallest absolute Gasteiger partial charge is 0.407 e. The molecule has 2 rings (SSSR count). The third-order valence-electron chi connectivity index (χ3n) is 3.32. The first kappa shape index (κ1) is 16.0. The third-order valence-corrected chi connectivity index (χ3v) is 3.55. The van der Waals surface area contributed by atoms with Gasteiger partial charge in [-0.15, -0.1) is 0 Å². The van der Waals surface area contributed by atoms with Gasteiger partial charge in [-0.3, -0.25) is 0 Å². The molecule has 2 N–H and O–H groups in total. The second-order valence-corrected chi connectivity index (χ2v) is 6.84. The van der Waals surface area contributed by atoms with Crippen molar-refractivity contribution in [2.75, 3.05) is 0 Å². The molecule has 1 amide bonds. The minimum atomic E-state index is -1.30. The van der Waals surface area contributed by atoms with Gasteiger partial charge in [0.2, 0.25) is 0 Å². The highest BCUT2D eigenvalue weighted by Gasteiger charge is 2.46. The SMILES string of the molecule is CC(C)(C)OC(=O)NC1CC(O)(c2cc(Cl)ccc2F)C1. The zero-order chi connectivity index (χ0) is 15.8. The summed E-state index contributed by atoms with van der Waals surface area (Å²) in [5, 5.41) is 13.4. The molecule has 1 aromatic carbocycles. The zero-order valence-corrected chi connectivity index (χ0v) is 13.0. The Balaban J connectivity index is 1.96. The first-order chi connectivity index (χ1) is 9.59. The van der Waals surface area contributed by atoms with E-state index in [1.54, 1.807) is 20.8 Å². The van der Waals surface area contributed by atoms with Crippen LogP contribution in [0.3, 0.4) is 0 Å². The Labute approximate surface area is 128 Å². The van der Waals surface area contributed by atoms with Gasteiger partial charge in [-0.05, 0) is 39.0 Å². The lowest BCUT2D eigenvalue weighted by Crippen LogP contribution is -2.54. The molecule has 0 aromatic heterocycles. The van der Waals surface area contributed by atoms with Crippen molar-refractivity contribution in [2.24, 2.45) is 0 Å². The Kier molecular flexibility index (Phi) is 4.17. The van der Waals surface area contributed by atoms with E-state index in [0.717, 1.165) is 0 Å². The number of ether oxygens (including phenoxy) is 1. The van der Waals surface area contributed by atoms with Crippen LogP contribution in [0.5, 0.6) is 0 Å². The van der Waals surface area contributed by atoms with Crippen LogP contribution in [0, 0.1) is 5.82 Å². The van der Waals surface area contributed by atoms with Gasteiger partial charge >= 0.3 is 6.09 Å². The third kappa shape index (κ3) is 3.86. The van der Waals surface area contributed by atoms with Gasteiger partial charge in [0, 0.05) is 29.5 Å². The number of carbonyl (C=O) groups excluding carboxylic acids is 1. The number of benzene rings is 1. The van der Waals surface area contributed by atoms with Gasteiger partial charge in [0.1, 0.15) is 11.4 Å². The van der Waals surface area contributed by atoms with E-state index in [9.17, 15) is 14.3 Å². The number of alkyl carbamates (subject to hydrolysis) is 1. The highest BCUT2D eigenvalue weighted by molar-refractivity contribution is 6.30. The lowest BCUT2D eigenvalue weighted by Gasteiger charge is -2.44. The molecule has 6 heteroatoms. The minimum absolute atomic E-state index is 0.164. The van der Waals surface area contributed by atoms with Crippen LogP contribution in [0.4, 0.5) is 9.18 Å². The van der Waals surface area contributed by atoms with Gasteiger partial charge in [-0.25, -0.2) is 9.18 Å². The minimum Gasteiger partial charge on any atom is -0.444 e. The van der Waals surface area contributed by atoms with Gasteiger partial charge in [-0.1, -0.05) is 11.6 Å². The Bertz CT molecular complexity index is 550. The predicted molar refractivity (Wildman–Crippen MR) is 77.7 cm³/mol. The van der Waals surface area contributed by atoms with E-state index in [1.165, 1.54) is 18.2 Å². The summed E-state index contributed by atoms with van der Waals surface area (Å²) in [4.78, 5) is 11.6. The van der Waals surface area contributed by atoms with Crippen LogP contribution in [-0.2, 0) is 10.3 Å². The first-order valence-corrected chi connectivity index (χ1v) is 7.14. The van der Waals surface area contributed by atoms with Crippen LogP contribution in [-0.4, -0.2) is 22.8 Å². The summed E-state index contributed by atoms with van der Waals surface area (Å²) in [7, 11) is 0. The Morgan fingerprint density at radius 3 is 2.67 bits per heavy atom. The summed E-state index contributed by atoms with van der Waals surface area (Å²) < 4.78 is 18.9. The number of hydrogen-bond donors (Lipinski definition) is 2. The zero-order valence-electron chi connectivity index (χ0n) is 12.2. The maximum Gasteiger partial charge on any atom is 0.407 e. The molecule has 0 spiro atoms. The Hall–Kier alpha value is -1.33. The fourth-order valence-electron chi connectivity index (χ4n) is 2.41. The fraction of sp³-hybridized carbons (Fsp3) is 0.533. The summed E-state index contributed by atoms with van der Waals surface area (Å²) in [6.45, 7) is 5.31. The van der Waals surface area contributed by atoms with E-state index < -0.39 is 23.1 Å². The number of hydrogen-bond acceptors (Lipinski definition) is 3. The second kappa shape index (κ2) is 5.46. The lowest BCUT2D eigenvalue weighted by atomic mass is 9.71. The van der Waals surface area contributed by atoms with Crippen molar-refractivity contribution < 1.29 is 19.0 Å². The van der Waals surface area contributed by atoms with Crippen LogP contribution in [0.1, 0.15) is 39.2 Å². The highest BCUT2D eigenvalue weighted by atomic mass is 35.5. The first-order valence-electron chi connectivity index (χ1n) is 6.76. The molecule has 1 saturated carbocycles. The van der Waals surface area contributed by atoms with Crippen LogP contribution in [0.15, 0.2) is 18.2 Å². The predicted octanol–water partition coefficient (Wildman–Crippen LogP) is 3.35. The number of amides is 1. The molecule has 0 aliphatic heterocycles. The van der Waals surface area contributed by atoms with E-state index in [4.69, 9.17) is 16.3 Å². The van der Waals surface area contributed by atoms with Crippen LogP contribution >= 0.6 is 11.6 Å². The summed E-state index contributed by atoms with van der Waals surface area (Å²) in [6, 6.07) is 3.83. The molecule has 0 bridgehead atoms. The summed E-state index contributed by atoms with van der Waals surface area (Å²) in [5.41, 5.74) is -1.71. The number of rotatable bonds is 2. The quantitative estimate of drug-likeness (QED) is 0.880. The molecular weight excluding hydrogens is 297 g/mol. The van der Waals surface area contributed by atoms with Gasteiger partial charge in [0.25, 0.3) is 0 Å². The van der Waals surface area contributed by atoms with Gasteiger partial charge in [0.05, 0.1) is 5.60 Å². The number of halogens is 2. The molecule has 1 fully saturated rings. The molecule has 0 atom stereocenters. The Morgan fingerprint density at radius 2 is 2.10 bits per heavy atom. The van der Waals surface area contributed by atoms with E-state index >= 15 is 0 Å². The largest absolute Gasteiger partial charge is 0.444 e. The van der Waals surface area contributed by atoms with Crippen molar-refractivity contribution in [2.45, 2.75) is 50.9 Å². The van der Waals surface area contributed by atoms with Crippen LogP contribution < -0.4 is 5.32 Å². The van der Waals surface area contributed by atoms with Gasteiger partial charge < -0.3 is 15.2 Å². The molecule has 0 heterocycles. The fourth-order valence-corrected chi connectivity index (χ4v) is 2.58. The number of aliphatic hydroxyl groups is 1. The normalized spacial score (nSPS) is 25.1. The average molecular weight is 316 g/mol. The molecule has 1 aliphatic carbocycles. The highest BCUT2D eigenvalue weighted by Crippen LogP contribution is 2.43. The molecule has 0 radical (unpaired) electrons. The summed E-state index contributed by atoms with van der Waals surface area (Å²) >= 11 is 5.83. The standard InChI is InChI=1S/C15H19ClFNO3/c1-14(2,3)21-13(19)18-10-7-15(20,8-10)11-6-9(16)4-5-12(11)17/h4-6,10,20H,7-8H2,1-3H3,(H,18,19). The monoisotopic (exact) mass is 315 g/mol. The van der Waals surface area contributed by atoms with Crippen molar-refractivity contribution >= 4 is 17.7 Å². The van der Waals surface area contributed by atoms with Crippen LogP contribution in [0.2, 0.25) is 5.02 Å². The lowest BCUT2D eigenvalue weighted by molar-refractivity contribution is -0.0651. The van der Waals surface area contributed by atoms with E-state index in [0.29, 0.717) is 5.02 Å². The molecule has 1 aromatic rings. The maximum absolute atomic E-state index is 13.8. The summed E-state index contributed by atoms with van der Waals surface area (Å²) in [5.74, 6) is -0.502. The van der Waals surface area contributed by atoms with E-state index in [-0.39, 0.29) is 24.4 Å². The second-order valence-electron chi connectivity index (χ2n) is 6.41. The van der Waals surface area contributed by atoms with Gasteiger partial charge in [-0.2, -0.15) is 0 Å². The van der Waals surface area contributed by atoms with E-state index in [1.807, 2.05) is 0 Å². The molecule has 0 saturated heterocycles. The molecule has 116 valence electrons. The van der Waals surface area contributed by atoms with Crippen molar-refractivity contribution in [1.82, 2.24) is 5.32 Å². The molecule has 4 nitrogen and oxygen atoms in total. The molecule has 21 heavy (non-hydrogen) atoms. The average Bonchev–Trinajstić information content (AvgIpc) is 2.27. The van der Waals surface area contributed by atoms with Crippen molar-refractivity contribution in [3.8, 4) is 0 Å².